The Hall–Kier alpha value is -2.26. The maximum absolute atomic E-state index is 11.8. The molecule has 0 fully saturated rings. The molecule has 1 heterocycles. The summed E-state index contributed by atoms with van der Waals surface area (Å²) in [6, 6.07) is 0. The molecule has 0 aromatic carbocycles. The Labute approximate surface area is 107 Å². The summed E-state index contributed by atoms with van der Waals surface area (Å²) in [5.41, 5.74) is -1.58. The number of nitrogens with zero attached hydrogens (tertiary/aromatic N) is 2. The van der Waals surface area contributed by atoms with E-state index in [2.05, 4.69) is 17.8 Å². The molecule has 6 nitrogen and oxygen atoms in total. The zero-order valence-electron chi connectivity index (χ0n) is 9.57. The van der Waals surface area contributed by atoms with Gasteiger partial charge >= 0.3 is 5.69 Å². The van der Waals surface area contributed by atoms with Crippen molar-refractivity contribution in [3.05, 3.63) is 38.6 Å². The number of carbonyl (C=O) groups is 1. The SMILES string of the molecule is C#CCn1c(Cl)c(NC(=O)C=C)c(=O)n(C)c1=O. The molecule has 7 heteroatoms. The van der Waals surface area contributed by atoms with Gasteiger partial charge < -0.3 is 5.32 Å². The lowest BCUT2D eigenvalue weighted by Gasteiger charge is -2.11. The number of terminal acetylenes is 1. The maximum atomic E-state index is 11.8. The van der Waals surface area contributed by atoms with Crippen molar-refractivity contribution in [2.24, 2.45) is 7.05 Å². The summed E-state index contributed by atoms with van der Waals surface area (Å²) < 4.78 is 1.81. The van der Waals surface area contributed by atoms with Crippen LogP contribution in [0.1, 0.15) is 0 Å². The van der Waals surface area contributed by atoms with E-state index < -0.39 is 17.2 Å². The van der Waals surface area contributed by atoms with Gasteiger partial charge in [0.2, 0.25) is 5.91 Å². The van der Waals surface area contributed by atoms with E-state index >= 15 is 0 Å². The average molecular weight is 268 g/mol. The first kappa shape index (κ1) is 13.8. The minimum absolute atomic E-state index is 0.108. The van der Waals surface area contributed by atoms with Crippen LogP contribution in [-0.2, 0) is 18.4 Å². The van der Waals surface area contributed by atoms with Crippen LogP contribution in [0.25, 0.3) is 0 Å². The third-order valence-corrected chi connectivity index (χ3v) is 2.56. The summed E-state index contributed by atoms with van der Waals surface area (Å²) in [6.45, 7) is 3.14. The molecule has 0 radical (unpaired) electrons. The van der Waals surface area contributed by atoms with Crippen molar-refractivity contribution < 1.29 is 4.79 Å². The van der Waals surface area contributed by atoms with Crippen LogP contribution in [-0.4, -0.2) is 15.0 Å². The van der Waals surface area contributed by atoms with Crippen LogP contribution in [0.4, 0.5) is 5.69 Å². The predicted molar refractivity (Wildman–Crippen MR) is 68.6 cm³/mol. The highest BCUT2D eigenvalue weighted by atomic mass is 35.5. The van der Waals surface area contributed by atoms with Crippen LogP contribution in [0.2, 0.25) is 5.15 Å². The van der Waals surface area contributed by atoms with Gasteiger partial charge in [-0.3, -0.25) is 18.7 Å². The van der Waals surface area contributed by atoms with Crippen LogP contribution in [0.15, 0.2) is 22.2 Å². The second kappa shape index (κ2) is 5.38. The minimum Gasteiger partial charge on any atom is -0.315 e. The molecule has 1 aromatic heterocycles. The molecule has 1 aromatic rings. The van der Waals surface area contributed by atoms with Crippen LogP contribution in [0.5, 0.6) is 0 Å². The average Bonchev–Trinajstić information content (AvgIpc) is 2.37. The largest absolute Gasteiger partial charge is 0.332 e. The molecule has 1 rings (SSSR count). The summed E-state index contributed by atoms with van der Waals surface area (Å²) in [7, 11) is 1.26. The number of nitrogens with one attached hydrogen (secondary N) is 1. The molecule has 0 aliphatic rings. The van der Waals surface area contributed by atoms with E-state index in [-0.39, 0.29) is 17.4 Å². The molecule has 0 aliphatic carbocycles. The molecule has 1 amide bonds. The number of hydrogen-bond donors (Lipinski definition) is 1. The van der Waals surface area contributed by atoms with E-state index in [0.29, 0.717) is 0 Å². The number of rotatable bonds is 3. The summed E-state index contributed by atoms with van der Waals surface area (Å²) in [5, 5.41) is 2.03. The lowest BCUT2D eigenvalue weighted by Crippen LogP contribution is -2.40. The van der Waals surface area contributed by atoms with Crippen molar-refractivity contribution in [3.63, 3.8) is 0 Å². The Morgan fingerprint density at radius 1 is 1.61 bits per heavy atom. The lowest BCUT2D eigenvalue weighted by atomic mass is 10.4. The number of halogens is 1. The standard InChI is InChI=1S/C11H10ClN3O3/c1-4-6-15-9(12)8(13-7(16)5-2)10(17)14(3)11(15)18/h1,5H,2,6H2,3H3,(H,13,16). The highest BCUT2D eigenvalue weighted by molar-refractivity contribution is 6.32. The first-order valence-electron chi connectivity index (χ1n) is 4.80. The molecule has 0 bridgehead atoms. The highest BCUT2D eigenvalue weighted by Crippen LogP contribution is 2.14. The summed E-state index contributed by atoms with van der Waals surface area (Å²) in [6.07, 6.45) is 6.08. The molecular weight excluding hydrogens is 258 g/mol. The summed E-state index contributed by atoms with van der Waals surface area (Å²) >= 11 is 5.88. The number of hydrogen-bond acceptors (Lipinski definition) is 3. The molecule has 0 spiro atoms. The van der Waals surface area contributed by atoms with Gasteiger partial charge in [-0.05, 0) is 6.08 Å². The van der Waals surface area contributed by atoms with Gasteiger partial charge in [0.05, 0.1) is 6.54 Å². The number of amides is 1. The van der Waals surface area contributed by atoms with Crippen molar-refractivity contribution in [2.45, 2.75) is 6.54 Å². The minimum atomic E-state index is -0.714. The van der Waals surface area contributed by atoms with Crippen LogP contribution < -0.4 is 16.6 Å². The second-order valence-electron chi connectivity index (χ2n) is 3.30. The number of carbonyl (C=O) groups excluding carboxylic acids is 1. The van der Waals surface area contributed by atoms with Gasteiger partial charge in [-0.1, -0.05) is 24.1 Å². The van der Waals surface area contributed by atoms with Gasteiger partial charge in [-0.15, -0.1) is 6.42 Å². The van der Waals surface area contributed by atoms with Gasteiger partial charge in [-0.25, -0.2) is 4.79 Å². The highest BCUT2D eigenvalue weighted by Gasteiger charge is 2.16. The monoisotopic (exact) mass is 267 g/mol. The van der Waals surface area contributed by atoms with E-state index in [1.54, 1.807) is 0 Å². The van der Waals surface area contributed by atoms with E-state index in [1.807, 2.05) is 0 Å². The molecule has 0 saturated heterocycles. The van der Waals surface area contributed by atoms with E-state index in [9.17, 15) is 14.4 Å². The van der Waals surface area contributed by atoms with Crippen molar-refractivity contribution in [1.82, 2.24) is 9.13 Å². The fourth-order valence-electron chi connectivity index (χ4n) is 1.25. The van der Waals surface area contributed by atoms with Crippen LogP contribution in [0, 0.1) is 12.3 Å². The maximum Gasteiger partial charge on any atom is 0.332 e. The summed E-state index contributed by atoms with van der Waals surface area (Å²) in [5.74, 6) is 1.63. The van der Waals surface area contributed by atoms with Crippen molar-refractivity contribution >= 4 is 23.2 Å². The molecule has 94 valence electrons. The normalized spacial score (nSPS) is 9.61. The summed E-state index contributed by atoms with van der Waals surface area (Å²) in [4.78, 5) is 34.7. The molecule has 18 heavy (non-hydrogen) atoms. The zero-order chi connectivity index (χ0) is 13.9. The molecule has 0 atom stereocenters. The lowest BCUT2D eigenvalue weighted by molar-refractivity contribution is -0.111. The third-order valence-electron chi connectivity index (χ3n) is 2.16. The third kappa shape index (κ3) is 2.36. The quantitative estimate of drug-likeness (QED) is 0.474. The van der Waals surface area contributed by atoms with Crippen molar-refractivity contribution in [2.75, 3.05) is 5.32 Å². The second-order valence-corrected chi connectivity index (χ2v) is 3.65. The molecule has 1 N–H and O–H groups in total. The Balaban J connectivity index is 3.58. The number of aromatic nitrogens is 2. The van der Waals surface area contributed by atoms with Gasteiger partial charge in [0, 0.05) is 7.05 Å². The van der Waals surface area contributed by atoms with Crippen molar-refractivity contribution in [3.8, 4) is 12.3 Å². The van der Waals surface area contributed by atoms with E-state index in [0.717, 1.165) is 15.2 Å². The Kier molecular flexibility index (Phi) is 4.13. The van der Waals surface area contributed by atoms with E-state index in [1.165, 1.54) is 7.05 Å². The first-order valence-corrected chi connectivity index (χ1v) is 5.18. The van der Waals surface area contributed by atoms with Gasteiger partial charge in [0.25, 0.3) is 5.56 Å². The fourth-order valence-corrected chi connectivity index (χ4v) is 1.51. The van der Waals surface area contributed by atoms with Gasteiger partial charge in [0.15, 0.2) is 0 Å². The topological polar surface area (TPSA) is 73.1 Å². The molecular formula is C11H10ClN3O3. The Morgan fingerprint density at radius 2 is 2.22 bits per heavy atom. The Morgan fingerprint density at radius 3 is 2.72 bits per heavy atom. The molecule has 0 unspecified atom stereocenters. The number of anilines is 1. The predicted octanol–water partition coefficient (Wildman–Crippen LogP) is -0.0419. The van der Waals surface area contributed by atoms with E-state index in [4.69, 9.17) is 18.0 Å². The fraction of sp³-hybridized carbons (Fsp3) is 0.182. The Bertz CT molecular complexity index is 664. The van der Waals surface area contributed by atoms with Crippen molar-refractivity contribution in [1.29, 1.82) is 0 Å². The molecule has 0 aliphatic heterocycles. The van der Waals surface area contributed by atoms with Crippen LogP contribution >= 0.6 is 11.6 Å². The first-order chi connectivity index (χ1) is 8.43. The van der Waals surface area contributed by atoms with Crippen LogP contribution in [0.3, 0.4) is 0 Å². The van der Waals surface area contributed by atoms with Gasteiger partial charge in [0.1, 0.15) is 10.8 Å². The van der Waals surface area contributed by atoms with Gasteiger partial charge in [-0.2, -0.15) is 0 Å². The molecule has 0 saturated carbocycles. The smallest absolute Gasteiger partial charge is 0.315 e. The zero-order valence-corrected chi connectivity index (χ0v) is 10.3.